The summed E-state index contributed by atoms with van der Waals surface area (Å²) in [5.74, 6) is -0.636. The molecule has 25 heavy (non-hydrogen) atoms. The van der Waals surface area contributed by atoms with Crippen molar-refractivity contribution >= 4 is 29.3 Å². The predicted octanol–water partition coefficient (Wildman–Crippen LogP) is 4.95. The predicted molar refractivity (Wildman–Crippen MR) is 90.3 cm³/mol. The van der Waals surface area contributed by atoms with E-state index in [1.165, 1.54) is 24.3 Å². The summed E-state index contributed by atoms with van der Waals surface area (Å²) < 4.78 is 51.1. The van der Waals surface area contributed by atoms with Crippen LogP contribution >= 0.6 is 23.4 Å². The number of carbonyl (C=O) groups excluding carboxylic acids is 1. The maximum absolute atomic E-state index is 12.8. The first-order chi connectivity index (χ1) is 11.8. The van der Waals surface area contributed by atoms with Crippen LogP contribution in [0, 0.1) is 5.82 Å². The molecule has 8 heteroatoms. The lowest BCUT2D eigenvalue weighted by molar-refractivity contribution is -0.137. The molecule has 0 unspecified atom stereocenters. The fourth-order valence-electron chi connectivity index (χ4n) is 2.01. The highest BCUT2D eigenvalue weighted by Gasteiger charge is 2.33. The minimum atomic E-state index is -4.54. The molecule has 2 rings (SSSR count). The van der Waals surface area contributed by atoms with Gasteiger partial charge in [0.1, 0.15) is 5.82 Å². The molecule has 134 valence electrons. The molecule has 0 aliphatic carbocycles. The number of thioether (sulfide) groups is 1. The van der Waals surface area contributed by atoms with E-state index in [2.05, 4.69) is 5.32 Å². The lowest BCUT2D eigenvalue weighted by Crippen LogP contribution is -2.27. The molecule has 0 atom stereocenters. The third-order valence-corrected chi connectivity index (χ3v) is 4.59. The zero-order valence-corrected chi connectivity index (χ0v) is 14.4. The van der Waals surface area contributed by atoms with Gasteiger partial charge in [-0.1, -0.05) is 23.7 Å². The van der Waals surface area contributed by atoms with Crippen molar-refractivity contribution in [3.63, 3.8) is 0 Å². The van der Waals surface area contributed by atoms with E-state index in [1.807, 2.05) is 0 Å². The minimum Gasteiger partial charge on any atom is -0.355 e. The molecule has 0 aromatic heterocycles. The number of alkyl halides is 3. The Balaban J connectivity index is 1.81. The molecule has 2 nitrogen and oxygen atoms in total. The maximum atomic E-state index is 12.8. The first-order valence-corrected chi connectivity index (χ1v) is 8.63. The van der Waals surface area contributed by atoms with Crippen LogP contribution in [0.2, 0.25) is 5.02 Å². The van der Waals surface area contributed by atoms with Crippen molar-refractivity contribution in [3.05, 3.63) is 64.4 Å². The fraction of sp³-hybridized carbons (Fsp3) is 0.235. The van der Waals surface area contributed by atoms with E-state index in [-0.39, 0.29) is 22.5 Å². The second-order valence-corrected chi connectivity index (χ2v) is 6.61. The summed E-state index contributed by atoms with van der Waals surface area (Å²) in [6.45, 7) is 0.361. The van der Waals surface area contributed by atoms with E-state index in [1.54, 1.807) is 12.1 Å². The van der Waals surface area contributed by atoms with E-state index in [0.29, 0.717) is 17.9 Å². The van der Waals surface area contributed by atoms with Crippen LogP contribution < -0.4 is 5.32 Å². The number of rotatable bonds is 6. The van der Waals surface area contributed by atoms with Gasteiger partial charge in [-0.3, -0.25) is 4.79 Å². The molecule has 0 radical (unpaired) electrons. The van der Waals surface area contributed by atoms with E-state index in [4.69, 9.17) is 11.6 Å². The van der Waals surface area contributed by atoms with Gasteiger partial charge in [-0.2, -0.15) is 13.2 Å². The number of benzene rings is 2. The highest BCUT2D eigenvalue weighted by molar-refractivity contribution is 8.00. The van der Waals surface area contributed by atoms with Crippen molar-refractivity contribution in [2.75, 3.05) is 12.3 Å². The summed E-state index contributed by atoms with van der Waals surface area (Å²) in [5.41, 5.74) is -0.0437. The van der Waals surface area contributed by atoms with Crippen LogP contribution in [0.3, 0.4) is 0 Å². The Hall–Kier alpha value is -1.73. The molecule has 1 amide bonds. The van der Waals surface area contributed by atoms with E-state index in [0.717, 1.165) is 23.4 Å². The normalized spacial score (nSPS) is 11.4. The second kappa shape index (κ2) is 8.58. The van der Waals surface area contributed by atoms with Gasteiger partial charge in [0.05, 0.1) is 16.3 Å². The molecule has 2 aromatic rings. The van der Waals surface area contributed by atoms with Crippen molar-refractivity contribution < 1.29 is 22.4 Å². The van der Waals surface area contributed by atoms with Crippen molar-refractivity contribution in [1.82, 2.24) is 5.32 Å². The van der Waals surface area contributed by atoms with Gasteiger partial charge < -0.3 is 5.32 Å². The van der Waals surface area contributed by atoms with Gasteiger partial charge in [-0.05, 0) is 42.3 Å². The summed E-state index contributed by atoms with van der Waals surface area (Å²) in [4.78, 5) is 12.1. The Morgan fingerprint density at radius 3 is 2.44 bits per heavy atom. The molecule has 0 aliphatic rings. The number of carbonyl (C=O) groups is 1. The largest absolute Gasteiger partial charge is 0.417 e. The monoisotopic (exact) mass is 391 g/mol. The Labute approximate surface area is 151 Å². The Bertz CT molecular complexity index is 734. The van der Waals surface area contributed by atoms with Crippen molar-refractivity contribution in [1.29, 1.82) is 0 Å². The quantitative estimate of drug-likeness (QED) is 0.557. The summed E-state index contributed by atoms with van der Waals surface area (Å²) >= 11 is 6.54. The van der Waals surface area contributed by atoms with Crippen LogP contribution in [0.15, 0.2) is 47.4 Å². The second-order valence-electron chi connectivity index (χ2n) is 5.15. The maximum Gasteiger partial charge on any atom is 0.417 e. The van der Waals surface area contributed by atoms with Crippen LogP contribution in [-0.4, -0.2) is 18.2 Å². The first-order valence-electron chi connectivity index (χ1n) is 7.26. The van der Waals surface area contributed by atoms with Gasteiger partial charge >= 0.3 is 6.18 Å². The third kappa shape index (κ3) is 6.25. The minimum absolute atomic E-state index is 0.0116. The number of nitrogens with one attached hydrogen (secondary N) is 1. The molecule has 0 aliphatic heterocycles. The van der Waals surface area contributed by atoms with E-state index >= 15 is 0 Å². The van der Waals surface area contributed by atoms with Crippen LogP contribution in [0.5, 0.6) is 0 Å². The molecule has 1 N–H and O–H groups in total. The average molecular weight is 392 g/mol. The molecule has 0 bridgehead atoms. The topological polar surface area (TPSA) is 29.1 Å². The number of hydrogen-bond donors (Lipinski definition) is 1. The summed E-state index contributed by atoms with van der Waals surface area (Å²) in [5, 5.41) is 2.30. The lowest BCUT2D eigenvalue weighted by Gasteiger charge is -2.11. The van der Waals surface area contributed by atoms with Gasteiger partial charge in [0, 0.05) is 11.4 Å². The number of hydrogen-bond acceptors (Lipinski definition) is 2. The van der Waals surface area contributed by atoms with Crippen molar-refractivity contribution in [2.45, 2.75) is 17.5 Å². The van der Waals surface area contributed by atoms with Gasteiger partial charge in [0.15, 0.2) is 0 Å². The van der Waals surface area contributed by atoms with Gasteiger partial charge in [-0.25, -0.2) is 4.39 Å². The molecular weight excluding hydrogens is 378 g/mol. The van der Waals surface area contributed by atoms with Crippen LogP contribution in [-0.2, 0) is 17.4 Å². The summed E-state index contributed by atoms with van der Waals surface area (Å²) in [6.07, 6.45) is -4.00. The molecule has 0 saturated carbocycles. The van der Waals surface area contributed by atoms with Gasteiger partial charge in [0.2, 0.25) is 5.91 Å². The van der Waals surface area contributed by atoms with Gasteiger partial charge in [-0.15, -0.1) is 11.8 Å². The Kier molecular flexibility index (Phi) is 6.72. The molecular formula is C17H14ClF4NOS. The zero-order chi connectivity index (χ0) is 18.4. The Morgan fingerprint density at radius 2 is 1.80 bits per heavy atom. The van der Waals surface area contributed by atoms with Crippen LogP contribution in [0.4, 0.5) is 17.6 Å². The van der Waals surface area contributed by atoms with Crippen LogP contribution in [0.25, 0.3) is 0 Å². The lowest BCUT2D eigenvalue weighted by atomic mass is 10.1. The fourth-order valence-corrected chi connectivity index (χ4v) is 3.00. The molecule has 0 heterocycles. The summed E-state index contributed by atoms with van der Waals surface area (Å²) in [7, 11) is 0. The van der Waals surface area contributed by atoms with Crippen molar-refractivity contribution in [2.24, 2.45) is 0 Å². The Morgan fingerprint density at radius 1 is 1.12 bits per heavy atom. The smallest absolute Gasteiger partial charge is 0.355 e. The standard InChI is InChI=1S/C17H14ClF4NOS/c18-15-6-5-13(9-14(15)17(20,21)22)25-10-16(24)23-8-7-11-1-3-12(19)4-2-11/h1-6,9H,7-8,10H2,(H,23,24). The first kappa shape index (κ1) is 19.6. The number of amides is 1. The highest BCUT2D eigenvalue weighted by atomic mass is 35.5. The van der Waals surface area contributed by atoms with Crippen molar-refractivity contribution in [3.8, 4) is 0 Å². The summed E-state index contributed by atoms with van der Waals surface area (Å²) in [6, 6.07) is 9.47. The molecule has 0 fully saturated rings. The highest BCUT2D eigenvalue weighted by Crippen LogP contribution is 2.36. The zero-order valence-electron chi connectivity index (χ0n) is 12.9. The molecule has 0 saturated heterocycles. The van der Waals surface area contributed by atoms with E-state index in [9.17, 15) is 22.4 Å². The third-order valence-electron chi connectivity index (χ3n) is 3.26. The SMILES string of the molecule is O=C(CSc1ccc(Cl)c(C(F)(F)F)c1)NCCc1ccc(F)cc1. The van der Waals surface area contributed by atoms with Gasteiger partial charge in [0.25, 0.3) is 0 Å². The number of halogens is 5. The molecule has 2 aromatic carbocycles. The molecule has 0 spiro atoms. The van der Waals surface area contributed by atoms with E-state index < -0.39 is 11.7 Å². The van der Waals surface area contributed by atoms with Crippen LogP contribution in [0.1, 0.15) is 11.1 Å². The average Bonchev–Trinajstić information content (AvgIpc) is 2.55.